The quantitative estimate of drug-likeness (QED) is 0.552. The van der Waals surface area contributed by atoms with E-state index >= 15 is 0 Å². The second kappa shape index (κ2) is 7.26. The lowest BCUT2D eigenvalue weighted by molar-refractivity contribution is -0.0328. The first kappa shape index (κ1) is 21.2. The van der Waals surface area contributed by atoms with Gasteiger partial charge >= 0.3 is 5.51 Å². The van der Waals surface area contributed by atoms with Crippen LogP contribution < -0.4 is 0 Å². The predicted octanol–water partition coefficient (Wildman–Crippen LogP) is 3.82. The molecular weight excluding hydrogens is 439 g/mol. The Hall–Kier alpha value is -2.08. The molecule has 0 saturated heterocycles. The van der Waals surface area contributed by atoms with Gasteiger partial charge in [0.15, 0.2) is 26.3 Å². The van der Waals surface area contributed by atoms with Gasteiger partial charge < -0.3 is 9.13 Å². The van der Waals surface area contributed by atoms with E-state index in [0.717, 1.165) is 12.6 Å². The van der Waals surface area contributed by atoms with Crippen molar-refractivity contribution in [1.82, 2.24) is 24.1 Å². The number of alkyl halides is 3. The van der Waals surface area contributed by atoms with E-state index in [-0.39, 0.29) is 44.5 Å². The van der Waals surface area contributed by atoms with Gasteiger partial charge in [0.25, 0.3) is 0 Å². The van der Waals surface area contributed by atoms with Crippen molar-refractivity contribution in [2.24, 2.45) is 13.0 Å². The molecule has 0 amide bonds. The van der Waals surface area contributed by atoms with E-state index in [2.05, 4.69) is 21.9 Å². The van der Waals surface area contributed by atoms with Gasteiger partial charge in [0, 0.05) is 31.1 Å². The van der Waals surface area contributed by atoms with Crippen LogP contribution in [0.5, 0.6) is 0 Å². The molecule has 0 spiro atoms. The average Bonchev–Trinajstić information content (AvgIpc) is 3.18. The molecule has 7 nitrogen and oxygen atoms in total. The van der Waals surface area contributed by atoms with Crippen LogP contribution in [0.4, 0.5) is 13.2 Å². The molecule has 1 aliphatic heterocycles. The second-order valence-electron chi connectivity index (χ2n) is 7.39. The number of hydrogen-bond acceptors (Lipinski definition) is 6. The monoisotopic (exact) mass is 459 g/mol. The smallest absolute Gasteiger partial charge is 0.318 e. The van der Waals surface area contributed by atoms with Gasteiger partial charge in [-0.3, -0.25) is 0 Å². The van der Waals surface area contributed by atoms with Crippen LogP contribution in [0.2, 0.25) is 0 Å². The Morgan fingerprint density at radius 2 is 2.03 bits per heavy atom. The highest BCUT2D eigenvalue weighted by Crippen LogP contribution is 2.38. The van der Waals surface area contributed by atoms with E-state index in [4.69, 9.17) is 0 Å². The Morgan fingerprint density at radius 1 is 1.30 bits per heavy atom. The van der Waals surface area contributed by atoms with E-state index in [1.807, 2.05) is 0 Å². The van der Waals surface area contributed by atoms with Gasteiger partial charge in [-0.15, -0.1) is 0 Å². The Labute approximate surface area is 175 Å². The minimum absolute atomic E-state index is 0.0842. The lowest BCUT2D eigenvalue weighted by atomic mass is 10.0. The number of nitrogens with zero attached hydrogens (tertiary/aromatic N) is 5. The maximum atomic E-state index is 12.9. The zero-order chi connectivity index (χ0) is 21.8. The average molecular weight is 460 g/mol. The molecule has 0 bridgehead atoms. The molecular formula is C18H20F3N5O2S2. The fourth-order valence-corrected chi connectivity index (χ4v) is 5.47. The van der Waals surface area contributed by atoms with Crippen LogP contribution >= 0.6 is 11.8 Å². The number of halogens is 3. The van der Waals surface area contributed by atoms with Crippen molar-refractivity contribution < 1.29 is 21.6 Å². The maximum absolute atomic E-state index is 12.9. The summed E-state index contributed by atoms with van der Waals surface area (Å²) in [7, 11) is -1.95. The first-order valence-corrected chi connectivity index (χ1v) is 11.9. The highest BCUT2D eigenvalue weighted by Gasteiger charge is 2.33. The first-order valence-electron chi connectivity index (χ1n) is 9.41. The van der Waals surface area contributed by atoms with Crippen LogP contribution in [0.1, 0.15) is 26.1 Å². The summed E-state index contributed by atoms with van der Waals surface area (Å²) in [5, 5.41) is 0.121. The van der Waals surface area contributed by atoms with Gasteiger partial charge in [0.05, 0.1) is 5.75 Å². The van der Waals surface area contributed by atoms with Crippen molar-refractivity contribution in [2.45, 2.75) is 48.7 Å². The molecule has 12 heteroatoms. The van der Waals surface area contributed by atoms with Crippen LogP contribution in [0.3, 0.4) is 0 Å². The minimum atomic E-state index is -4.44. The number of thioether (sulfide) groups is 1. The Kier molecular flexibility index (Phi) is 5.12. The topological polar surface area (TPSA) is 82.7 Å². The Morgan fingerprint density at radius 3 is 2.70 bits per heavy atom. The van der Waals surface area contributed by atoms with Gasteiger partial charge in [-0.2, -0.15) is 13.2 Å². The van der Waals surface area contributed by atoms with E-state index < -0.39 is 15.3 Å². The largest absolute Gasteiger partial charge is 0.446 e. The molecule has 1 unspecified atom stereocenters. The van der Waals surface area contributed by atoms with Crippen LogP contribution in [0.25, 0.3) is 22.7 Å². The third kappa shape index (κ3) is 3.70. The fraction of sp³-hybridized carbons (Fsp3) is 0.500. The molecule has 162 valence electrons. The standard InChI is InChI=1S/C18H20F3N5O2S2/c1-4-30(27,28)17-14(24-13-7-10(2)5-6-26(13)17)16-23-12-8-11(29-18(19,20)21)9-22-15(12)25(16)3/h8-10H,4-7H2,1-3H3. The third-order valence-electron chi connectivity index (χ3n) is 5.18. The molecule has 3 aromatic rings. The van der Waals surface area contributed by atoms with Crippen LogP contribution in [0.15, 0.2) is 22.2 Å². The maximum Gasteiger partial charge on any atom is 0.446 e. The molecule has 30 heavy (non-hydrogen) atoms. The highest BCUT2D eigenvalue weighted by molar-refractivity contribution is 8.00. The number of rotatable bonds is 4. The number of aromatic nitrogens is 5. The fourth-order valence-electron chi connectivity index (χ4n) is 3.69. The van der Waals surface area contributed by atoms with Gasteiger partial charge in [-0.1, -0.05) is 13.8 Å². The molecule has 0 N–H and O–H groups in total. The number of hydrogen-bond donors (Lipinski definition) is 0. The van der Waals surface area contributed by atoms with Crippen molar-refractivity contribution in [3.05, 3.63) is 18.1 Å². The van der Waals surface area contributed by atoms with E-state index in [1.54, 1.807) is 23.1 Å². The molecule has 3 aromatic heterocycles. The number of aryl methyl sites for hydroxylation is 1. The molecule has 1 atom stereocenters. The van der Waals surface area contributed by atoms with Gasteiger partial charge in [0.1, 0.15) is 17.0 Å². The third-order valence-corrected chi connectivity index (χ3v) is 7.63. The van der Waals surface area contributed by atoms with E-state index in [9.17, 15) is 21.6 Å². The van der Waals surface area contributed by atoms with Gasteiger partial charge in [-0.05, 0) is 30.2 Å². The lowest BCUT2D eigenvalue weighted by Gasteiger charge is -2.21. The van der Waals surface area contributed by atoms with Crippen molar-refractivity contribution in [2.75, 3.05) is 5.75 Å². The minimum Gasteiger partial charge on any atom is -0.318 e. The summed E-state index contributed by atoms with van der Waals surface area (Å²) in [5.74, 6) is 1.25. The normalized spacial score (nSPS) is 17.5. The zero-order valence-corrected chi connectivity index (χ0v) is 18.2. The number of fused-ring (bicyclic) bond motifs is 2. The van der Waals surface area contributed by atoms with E-state index in [0.29, 0.717) is 30.4 Å². The summed E-state index contributed by atoms with van der Waals surface area (Å²) >= 11 is -0.268. The summed E-state index contributed by atoms with van der Waals surface area (Å²) in [4.78, 5) is 13.1. The number of imidazole rings is 2. The van der Waals surface area contributed by atoms with Crippen molar-refractivity contribution >= 4 is 32.8 Å². The second-order valence-corrected chi connectivity index (χ2v) is 10.7. The summed E-state index contributed by atoms with van der Waals surface area (Å²) in [5.41, 5.74) is -3.60. The van der Waals surface area contributed by atoms with Gasteiger partial charge in [0.2, 0.25) is 0 Å². The molecule has 4 rings (SSSR count). The van der Waals surface area contributed by atoms with Gasteiger partial charge in [-0.25, -0.2) is 23.4 Å². The molecule has 4 heterocycles. The van der Waals surface area contributed by atoms with Crippen molar-refractivity contribution in [1.29, 1.82) is 0 Å². The van der Waals surface area contributed by atoms with Crippen LogP contribution in [-0.4, -0.2) is 43.8 Å². The molecule has 0 fully saturated rings. The molecule has 0 aromatic carbocycles. The highest BCUT2D eigenvalue weighted by atomic mass is 32.2. The summed E-state index contributed by atoms with van der Waals surface area (Å²) < 4.78 is 67.2. The van der Waals surface area contributed by atoms with Crippen molar-refractivity contribution in [3.63, 3.8) is 0 Å². The summed E-state index contributed by atoms with van der Waals surface area (Å²) in [6.45, 7) is 4.21. The SMILES string of the molecule is CCS(=O)(=O)c1c(-c2nc3cc(SC(F)(F)F)cnc3n2C)nc2n1CCC(C)C2. The summed E-state index contributed by atoms with van der Waals surface area (Å²) in [6.07, 6.45) is 2.63. The summed E-state index contributed by atoms with van der Waals surface area (Å²) in [6, 6.07) is 1.30. The molecule has 0 aliphatic carbocycles. The lowest BCUT2D eigenvalue weighted by Crippen LogP contribution is -2.21. The number of pyridine rings is 1. The van der Waals surface area contributed by atoms with Crippen molar-refractivity contribution in [3.8, 4) is 11.5 Å². The Bertz CT molecular complexity index is 1230. The Balaban J connectivity index is 1.91. The predicted molar refractivity (Wildman–Crippen MR) is 107 cm³/mol. The van der Waals surface area contributed by atoms with Crippen LogP contribution in [0, 0.1) is 5.92 Å². The molecule has 0 saturated carbocycles. The zero-order valence-electron chi connectivity index (χ0n) is 16.6. The first-order chi connectivity index (χ1) is 14.0. The van der Waals surface area contributed by atoms with Crippen LogP contribution in [-0.2, 0) is 29.9 Å². The molecule has 1 aliphatic rings. The molecule has 0 radical (unpaired) electrons. The number of sulfone groups is 1. The van der Waals surface area contributed by atoms with E-state index in [1.165, 1.54) is 6.07 Å².